The predicted octanol–water partition coefficient (Wildman–Crippen LogP) is 2.03. The zero-order valence-corrected chi connectivity index (χ0v) is 12.6. The highest BCUT2D eigenvalue weighted by Crippen LogP contribution is 2.20. The topological polar surface area (TPSA) is 58.6 Å². The normalized spacial score (nSPS) is 17.5. The van der Waals surface area contributed by atoms with Gasteiger partial charge >= 0.3 is 0 Å². The minimum Gasteiger partial charge on any atom is -0.381 e. The Kier molecular flexibility index (Phi) is 5.33. The van der Waals surface area contributed by atoms with E-state index in [1.54, 1.807) is 11.8 Å². The van der Waals surface area contributed by atoms with Gasteiger partial charge in [0.25, 0.3) is 0 Å². The van der Waals surface area contributed by atoms with Gasteiger partial charge in [-0.2, -0.15) is 0 Å². The molecule has 1 heterocycles. The molecule has 5 nitrogen and oxygen atoms in total. The number of para-hydroxylation sites is 1. The molecule has 1 N–H and O–H groups in total. The molecule has 0 radical (unpaired) electrons. The molecule has 1 aliphatic heterocycles. The molecule has 0 aliphatic carbocycles. The molecule has 0 aromatic heterocycles. The Morgan fingerprint density at radius 1 is 1.38 bits per heavy atom. The first-order chi connectivity index (χ1) is 10.1. The highest BCUT2D eigenvalue weighted by molar-refractivity contribution is 5.93. The lowest BCUT2D eigenvalue weighted by molar-refractivity contribution is -0.129. The maximum atomic E-state index is 12.2. The maximum Gasteiger partial charge on any atom is 0.229 e. The van der Waals surface area contributed by atoms with E-state index in [9.17, 15) is 9.59 Å². The van der Waals surface area contributed by atoms with Crippen molar-refractivity contribution in [3.8, 4) is 0 Å². The van der Waals surface area contributed by atoms with E-state index in [1.165, 1.54) is 0 Å². The second-order valence-corrected chi connectivity index (χ2v) is 5.24. The van der Waals surface area contributed by atoms with Gasteiger partial charge < -0.3 is 15.0 Å². The van der Waals surface area contributed by atoms with Crippen LogP contribution in [0.1, 0.15) is 25.8 Å². The number of carbonyl (C=O) groups is 2. The first-order valence-electron chi connectivity index (χ1n) is 7.33. The number of anilines is 1. The number of ether oxygens (including phenoxy) is 1. The first kappa shape index (κ1) is 15.5. The summed E-state index contributed by atoms with van der Waals surface area (Å²) in [7, 11) is 0. The molecule has 1 fully saturated rings. The van der Waals surface area contributed by atoms with Crippen molar-refractivity contribution in [2.45, 2.75) is 26.8 Å². The van der Waals surface area contributed by atoms with Crippen molar-refractivity contribution in [3.63, 3.8) is 0 Å². The van der Waals surface area contributed by atoms with Crippen LogP contribution in [0.25, 0.3) is 0 Å². The monoisotopic (exact) mass is 290 g/mol. The van der Waals surface area contributed by atoms with Crippen molar-refractivity contribution in [2.75, 3.05) is 25.1 Å². The summed E-state index contributed by atoms with van der Waals surface area (Å²) < 4.78 is 5.25. The third-order valence-corrected chi connectivity index (χ3v) is 3.76. The number of hydrogen-bond acceptors (Lipinski definition) is 3. The summed E-state index contributed by atoms with van der Waals surface area (Å²) in [6.45, 7) is 5.78. The van der Waals surface area contributed by atoms with Gasteiger partial charge in [-0.3, -0.25) is 9.59 Å². The van der Waals surface area contributed by atoms with Crippen LogP contribution >= 0.6 is 0 Å². The van der Waals surface area contributed by atoms with Crippen LogP contribution in [0, 0.1) is 5.92 Å². The highest BCUT2D eigenvalue weighted by Gasteiger charge is 2.24. The summed E-state index contributed by atoms with van der Waals surface area (Å²) in [4.78, 5) is 25.5. The van der Waals surface area contributed by atoms with Gasteiger partial charge in [0.05, 0.1) is 12.5 Å². The Hall–Kier alpha value is -1.88. The SMILES string of the molecule is CCN(Cc1ccccc1NC(=O)C1CCOC1)C(C)=O. The summed E-state index contributed by atoms with van der Waals surface area (Å²) in [5.74, 6) is -0.0539. The fourth-order valence-electron chi connectivity index (χ4n) is 2.41. The predicted molar refractivity (Wildman–Crippen MR) is 80.8 cm³/mol. The minimum absolute atomic E-state index is 0.00850. The molecular formula is C16H22N2O3. The van der Waals surface area contributed by atoms with Gasteiger partial charge in [-0.15, -0.1) is 0 Å². The minimum atomic E-state index is -0.0758. The van der Waals surface area contributed by atoms with E-state index >= 15 is 0 Å². The molecule has 0 spiro atoms. The summed E-state index contributed by atoms with van der Waals surface area (Å²) in [6.07, 6.45) is 0.766. The number of rotatable bonds is 5. The van der Waals surface area contributed by atoms with E-state index in [0.717, 1.165) is 17.7 Å². The lowest BCUT2D eigenvalue weighted by Gasteiger charge is -2.21. The van der Waals surface area contributed by atoms with Crippen LogP contribution < -0.4 is 5.32 Å². The third kappa shape index (κ3) is 4.04. The Labute approximate surface area is 125 Å². The van der Waals surface area contributed by atoms with Gasteiger partial charge in [0.1, 0.15) is 0 Å². The molecular weight excluding hydrogens is 268 g/mol. The number of amides is 2. The van der Waals surface area contributed by atoms with Gasteiger partial charge in [0.15, 0.2) is 0 Å². The fraction of sp³-hybridized carbons (Fsp3) is 0.500. The summed E-state index contributed by atoms with van der Waals surface area (Å²) in [5.41, 5.74) is 1.72. The van der Waals surface area contributed by atoms with Crippen molar-refractivity contribution in [1.29, 1.82) is 0 Å². The van der Waals surface area contributed by atoms with Crippen LogP contribution in [-0.4, -0.2) is 36.5 Å². The van der Waals surface area contributed by atoms with E-state index in [4.69, 9.17) is 4.74 Å². The summed E-state index contributed by atoms with van der Waals surface area (Å²) in [6, 6.07) is 7.61. The fourth-order valence-corrected chi connectivity index (χ4v) is 2.41. The van der Waals surface area contributed by atoms with Crippen molar-refractivity contribution in [1.82, 2.24) is 4.90 Å². The van der Waals surface area contributed by atoms with E-state index in [2.05, 4.69) is 5.32 Å². The molecule has 114 valence electrons. The van der Waals surface area contributed by atoms with Gasteiger partial charge in [-0.1, -0.05) is 18.2 Å². The summed E-state index contributed by atoms with van der Waals surface area (Å²) in [5, 5.41) is 2.96. The second-order valence-electron chi connectivity index (χ2n) is 5.24. The van der Waals surface area contributed by atoms with Crippen LogP contribution in [0.2, 0.25) is 0 Å². The molecule has 1 unspecified atom stereocenters. The lowest BCUT2D eigenvalue weighted by Crippen LogP contribution is -2.29. The van der Waals surface area contributed by atoms with Gasteiger partial charge in [-0.05, 0) is 25.0 Å². The van der Waals surface area contributed by atoms with Crippen molar-refractivity contribution >= 4 is 17.5 Å². The van der Waals surface area contributed by atoms with E-state index in [1.807, 2.05) is 31.2 Å². The molecule has 1 atom stereocenters. The van der Waals surface area contributed by atoms with E-state index in [0.29, 0.717) is 26.3 Å². The van der Waals surface area contributed by atoms with Crippen LogP contribution in [0.15, 0.2) is 24.3 Å². The molecule has 1 aromatic carbocycles. The van der Waals surface area contributed by atoms with Gasteiger partial charge in [0.2, 0.25) is 11.8 Å². The first-order valence-corrected chi connectivity index (χ1v) is 7.33. The van der Waals surface area contributed by atoms with Crippen LogP contribution in [0.4, 0.5) is 5.69 Å². The molecule has 0 saturated carbocycles. The second kappa shape index (κ2) is 7.22. The Balaban J connectivity index is 2.09. The largest absolute Gasteiger partial charge is 0.381 e. The lowest BCUT2D eigenvalue weighted by atomic mass is 10.1. The molecule has 2 rings (SSSR count). The highest BCUT2D eigenvalue weighted by atomic mass is 16.5. The zero-order chi connectivity index (χ0) is 15.2. The van der Waals surface area contributed by atoms with Gasteiger partial charge in [0, 0.05) is 32.3 Å². The number of hydrogen-bond donors (Lipinski definition) is 1. The maximum absolute atomic E-state index is 12.2. The van der Waals surface area contributed by atoms with E-state index in [-0.39, 0.29) is 17.7 Å². The quantitative estimate of drug-likeness (QED) is 0.902. The zero-order valence-electron chi connectivity index (χ0n) is 12.6. The molecule has 1 aromatic rings. The number of nitrogens with one attached hydrogen (secondary N) is 1. The average molecular weight is 290 g/mol. The Bertz CT molecular complexity index is 510. The van der Waals surface area contributed by atoms with Gasteiger partial charge in [-0.25, -0.2) is 0 Å². The molecule has 5 heteroatoms. The number of benzene rings is 1. The molecule has 2 amide bonds. The van der Waals surface area contributed by atoms with Crippen LogP contribution in [0.5, 0.6) is 0 Å². The van der Waals surface area contributed by atoms with Crippen molar-refractivity contribution in [2.24, 2.45) is 5.92 Å². The molecule has 21 heavy (non-hydrogen) atoms. The standard InChI is InChI=1S/C16H22N2O3/c1-3-18(12(2)19)10-13-6-4-5-7-15(13)17-16(20)14-8-9-21-11-14/h4-7,14H,3,8-11H2,1-2H3,(H,17,20). The Morgan fingerprint density at radius 2 is 2.14 bits per heavy atom. The van der Waals surface area contributed by atoms with Crippen LogP contribution in [0.3, 0.4) is 0 Å². The third-order valence-electron chi connectivity index (χ3n) is 3.76. The van der Waals surface area contributed by atoms with Crippen molar-refractivity contribution in [3.05, 3.63) is 29.8 Å². The molecule has 0 bridgehead atoms. The van der Waals surface area contributed by atoms with Crippen LogP contribution in [-0.2, 0) is 20.9 Å². The Morgan fingerprint density at radius 3 is 2.76 bits per heavy atom. The number of carbonyl (C=O) groups excluding carboxylic acids is 2. The molecule has 1 saturated heterocycles. The number of nitrogens with zero attached hydrogens (tertiary/aromatic N) is 1. The van der Waals surface area contributed by atoms with E-state index < -0.39 is 0 Å². The average Bonchev–Trinajstić information content (AvgIpc) is 3.00. The van der Waals surface area contributed by atoms with Crippen molar-refractivity contribution < 1.29 is 14.3 Å². The smallest absolute Gasteiger partial charge is 0.229 e. The summed E-state index contributed by atoms with van der Waals surface area (Å²) >= 11 is 0. The molecule has 1 aliphatic rings.